The van der Waals surface area contributed by atoms with E-state index in [9.17, 15) is 0 Å². The number of hydrogen-bond acceptors (Lipinski definition) is 1. The summed E-state index contributed by atoms with van der Waals surface area (Å²) in [6, 6.07) is 3.94. The molecule has 80 valence electrons. The molecule has 0 aliphatic carbocycles. The molecule has 0 aliphatic rings. The van der Waals surface area contributed by atoms with Crippen molar-refractivity contribution in [1.82, 2.24) is 0 Å². The van der Waals surface area contributed by atoms with Crippen LogP contribution in [0, 0.1) is 31.1 Å². The first-order chi connectivity index (χ1) is 6.79. The van der Waals surface area contributed by atoms with Gasteiger partial charge in [0, 0.05) is 16.7 Å². The SMILES string of the molecule is Cc1cc(N)cc(C)c1C#CC(C)(C)C. The highest BCUT2D eigenvalue weighted by Crippen LogP contribution is 2.18. The first-order valence-electron chi connectivity index (χ1n) is 5.19. The smallest absolute Gasteiger partial charge is 0.0320 e. The topological polar surface area (TPSA) is 26.0 Å². The summed E-state index contributed by atoms with van der Waals surface area (Å²) in [4.78, 5) is 0. The Morgan fingerprint density at radius 2 is 1.53 bits per heavy atom. The number of benzene rings is 1. The highest BCUT2D eigenvalue weighted by atomic mass is 14.5. The van der Waals surface area contributed by atoms with Gasteiger partial charge < -0.3 is 5.73 Å². The second-order valence-electron chi connectivity index (χ2n) is 5.03. The Balaban J connectivity index is 3.20. The molecule has 0 radical (unpaired) electrons. The Bertz CT molecular complexity index is 402. The van der Waals surface area contributed by atoms with E-state index in [0.717, 1.165) is 22.4 Å². The predicted molar refractivity (Wildman–Crippen MR) is 66.7 cm³/mol. The lowest BCUT2D eigenvalue weighted by molar-refractivity contribution is 0.571. The second kappa shape index (κ2) is 3.98. The van der Waals surface area contributed by atoms with Gasteiger partial charge in [-0.1, -0.05) is 11.8 Å². The molecule has 2 N–H and O–H groups in total. The number of aryl methyl sites for hydroxylation is 2. The lowest BCUT2D eigenvalue weighted by Crippen LogP contribution is -2.00. The van der Waals surface area contributed by atoms with Crippen molar-refractivity contribution < 1.29 is 0 Å². The van der Waals surface area contributed by atoms with E-state index in [1.807, 2.05) is 12.1 Å². The number of nitrogens with two attached hydrogens (primary N) is 1. The molecule has 0 bridgehead atoms. The van der Waals surface area contributed by atoms with Crippen LogP contribution >= 0.6 is 0 Å². The fourth-order valence-electron chi connectivity index (χ4n) is 1.44. The monoisotopic (exact) mass is 201 g/mol. The molecule has 0 fully saturated rings. The highest BCUT2D eigenvalue weighted by molar-refractivity contribution is 5.55. The first kappa shape index (κ1) is 11.7. The normalized spacial score (nSPS) is 10.7. The Hall–Kier alpha value is -1.42. The third-order valence-electron chi connectivity index (χ3n) is 2.12. The number of rotatable bonds is 0. The van der Waals surface area contributed by atoms with Crippen molar-refractivity contribution in [2.75, 3.05) is 5.73 Å². The summed E-state index contributed by atoms with van der Waals surface area (Å²) in [6.07, 6.45) is 0. The van der Waals surface area contributed by atoms with Gasteiger partial charge in [-0.2, -0.15) is 0 Å². The Morgan fingerprint density at radius 1 is 1.07 bits per heavy atom. The maximum Gasteiger partial charge on any atom is 0.0320 e. The molecule has 0 saturated carbocycles. The van der Waals surface area contributed by atoms with Gasteiger partial charge >= 0.3 is 0 Å². The molecule has 0 amide bonds. The molecule has 0 spiro atoms. The van der Waals surface area contributed by atoms with Crippen molar-refractivity contribution in [3.8, 4) is 11.8 Å². The Labute approximate surface area is 92.7 Å². The minimum absolute atomic E-state index is 0.0419. The van der Waals surface area contributed by atoms with Crippen molar-refractivity contribution in [2.24, 2.45) is 5.41 Å². The molecule has 0 aliphatic heterocycles. The van der Waals surface area contributed by atoms with Crippen LogP contribution in [0.2, 0.25) is 0 Å². The van der Waals surface area contributed by atoms with Crippen molar-refractivity contribution in [3.05, 3.63) is 28.8 Å². The summed E-state index contributed by atoms with van der Waals surface area (Å²) in [5.74, 6) is 6.49. The maximum absolute atomic E-state index is 5.76. The lowest BCUT2D eigenvalue weighted by atomic mass is 9.95. The largest absolute Gasteiger partial charge is 0.399 e. The van der Waals surface area contributed by atoms with Crippen LogP contribution in [0.25, 0.3) is 0 Å². The van der Waals surface area contributed by atoms with Crippen LogP contribution < -0.4 is 5.73 Å². The van der Waals surface area contributed by atoms with E-state index in [1.54, 1.807) is 0 Å². The average Bonchev–Trinajstić information content (AvgIpc) is 1.99. The van der Waals surface area contributed by atoms with E-state index < -0.39 is 0 Å². The van der Waals surface area contributed by atoms with Gasteiger partial charge in [0.05, 0.1) is 0 Å². The van der Waals surface area contributed by atoms with Crippen LogP contribution in [0.3, 0.4) is 0 Å². The number of nitrogen functional groups attached to an aromatic ring is 1. The van der Waals surface area contributed by atoms with Crippen LogP contribution in [-0.2, 0) is 0 Å². The van der Waals surface area contributed by atoms with E-state index in [-0.39, 0.29) is 5.41 Å². The lowest BCUT2D eigenvalue weighted by Gasteiger charge is -2.09. The third-order valence-corrected chi connectivity index (χ3v) is 2.12. The quantitative estimate of drug-likeness (QED) is 0.506. The Kier molecular flexibility index (Phi) is 3.09. The number of anilines is 1. The molecule has 0 atom stereocenters. The van der Waals surface area contributed by atoms with E-state index in [2.05, 4.69) is 46.5 Å². The van der Waals surface area contributed by atoms with E-state index >= 15 is 0 Å². The molecule has 15 heavy (non-hydrogen) atoms. The van der Waals surface area contributed by atoms with Gasteiger partial charge in [0.2, 0.25) is 0 Å². The van der Waals surface area contributed by atoms with E-state index in [1.165, 1.54) is 0 Å². The molecule has 1 rings (SSSR count). The van der Waals surface area contributed by atoms with Crippen LogP contribution in [0.1, 0.15) is 37.5 Å². The summed E-state index contributed by atoms with van der Waals surface area (Å²) in [7, 11) is 0. The molecule has 0 heterocycles. The van der Waals surface area contributed by atoms with Gasteiger partial charge in [0.25, 0.3) is 0 Å². The average molecular weight is 201 g/mol. The predicted octanol–water partition coefficient (Wildman–Crippen LogP) is 3.28. The molecule has 1 nitrogen and oxygen atoms in total. The van der Waals surface area contributed by atoms with E-state index in [0.29, 0.717) is 0 Å². The molecule has 0 saturated heterocycles. The molecule has 1 aromatic carbocycles. The molecular weight excluding hydrogens is 182 g/mol. The highest BCUT2D eigenvalue weighted by Gasteiger charge is 2.05. The molecule has 1 heteroatoms. The summed E-state index contributed by atoms with van der Waals surface area (Å²) >= 11 is 0. The van der Waals surface area contributed by atoms with Gasteiger partial charge in [0.1, 0.15) is 0 Å². The summed E-state index contributed by atoms with van der Waals surface area (Å²) < 4.78 is 0. The van der Waals surface area contributed by atoms with Crippen molar-refractivity contribution >= 4 is 5.69 Å². The molecule has 0 aromatic heterocycles. The minimum atomic E-state index is 0.0419. The zero-order valence-electron chi connectivity index (χ0n) is 10.2. The van der Waals surface area contributed by atoms with Gasteiger partial charge in [-0.3, -0.25) is 0 Å². The van der Waals surface area contributed by atoms with Crippen LogP contribution in [0.4, 0.5) is 5.69 Å². The van der Waals surface area contributed by atoms with Gasteiger partial charge in [-0.25, -0.2) is 0 Å². The Morgan fingerprint density at radius 3 is 1.93 bits per heavy atom. The molecular formula is C14H19N. The van der Waals surface area contributed by atoms with Crippen molar-refractivity contribution in [1.29, 1.82) is 0 Å². The summed E-state index contributed by atoms with van der Waals surface area (Å²) in [5, 5.41) is 0. The second-order valence-corrected chi connectivity index (χ2v) is 5.03. The van der Waals surface area contributed by atoms with Gasteiger partial charge in [0.15, 0.2) is 0 Å². The summed E-state index contributed by atoms with van der Waals surface area (Å²) in [5.41, 5.74) is 10.0. The zero-order chi connectivity index (χ0) is 11.6. The zero-order valence-corrected chi connectivity index (χ0v) is 10.2. The van der Waals surface area contributed by atoms with Crippen LogP contribution in [0.15, 0.2) is 12.1 Å². The third kappa shape index (κ3) is 3.32. The molecule has 0 unspecified atom stereocenters. The van der Waals surface area contributed by atoms with Crippen LogP contribution in [0.5, 0.6) is 0 Å². The first-order valence-corrected chi connectivity index (χ1v) is 5.19. The summed E-state index contributed by atoms with van der Waals surface area (Å²) in [6.45, 7) is 10.4. The van der Waals surface area contributed by atoms with Gasteiger partial charge in [-0.05, 0) is 57.9 Å². The van der Waals surface area contributed by atoms with Gasteiger partial charge in [-0.15, -0.1) is 0 Å². The fourth-order valence-corrected chi connectivity index (χ4v) is 1.44. The van der Waals surface area contributed by atoms with Crippen molar-refractivity contribution in [3.63, 3.8) is 0 Å². The molecule has 1 aromatic rings. The maximum atomic E-state index is 5.76. The van der Waals surface area contributed by atoms with Crippen molar-refractivity contribution in [2.45, 2.75) is 34.6 Å². The standard InChI is InChI=1S/C14H19N/c1-10-8-12(15)9-11(2)13(10)6-7-14(3,4)5/h8-9H,15H2,1-5H3. The van der Waals surface area contributed by atoms with Crippen LogP contribution in [-0.4, -0.2) is 0 Å². The minimum Gasteiger partial charge on any atom is -0.399 e. The van der Waals surface area contributed by atoms with E-state index in [4.69, 9.17) is 5.73 Å². The number of hydrogen-bond donors (Lipinski definition) is 1. The fraction of sp³-hybridized carbons (Fsp3) is 0.429.